The second-order valence-electron chi connectivity index (χ2n) is 4.12. The van der Waals surface area contributed by atoms with Crippen LogP contribution >= 0.6 is 11.3 Å². The van der Waals surface area contributed by atoms with Crippen LogP contribution in [0.15, 0.2) is 12.1 Å². The molecule has 0 radical (unpaired) electrons. The van der Waals surface area contributed by atoms with Gasteiger partial charge in [-0.15, -0.1) is 11.3 Å². The number of hydrogen-bond donors (Lipinski definition) is 1. The highest BCUT2D eigenvalue weighted by atomic mass is 32.1. The van der Waals surface area contributed by atoms with Gasteiger partial charge in [-0.3, -0.25) is 4.79 Å². The van der Waals surface area contributed by atoms with Gasteiger partial charge >= 0.3 is 5.97 Å². The molecule has 1 aromatic heterocycles. The summed E-state index contributed by atoms with van der Waals surface area (Å²) >= 11 is 1.21. The van der Waals surface area contributed by atoms with Crippen molar-refractivity contribution in [2.75, 3.05) is 12.8 Å². The molecule has 2 N–H and O–H groups in total. The fourth-order valence-corrected chi connectivity index (χ4v) is 2.70. The molecule has 0 saturated carbocycles. The molecule has 1 heterocycles. The van der Waals surface area contributed by atoms with Crippen molar-refractivity contribution in [1.29, 1.82) is 0 Å². The molecule has 4 nitrogen and oxygen atoms in total. The minimum absolute atomic E-state index is 0.0765. The number of nitrogens with two attached hydrogens (primary N) is 1. The zero-order valence-electron chi connectivity index (χ0n) is 10.9. The fourth-order valence-electron chi connectivity index (χ4n) is 1.75. The van der Waals surface area contributed by atoms with E-state index in [0.717, 1.165) is 6.07 Å². The molecule has 7 heteroatoms. The lowest BCUT2D eigenvalue weighted by Crippen LogP contribution is -2.06. The highest BCUT2D eigenvalue weighted by Crippen LogP contribution is 2.34. The molecule has 0 amide bonds. The van der Waals surface area contributed by atoms with E-state index in [0.29, 0.717) is 15.6 Å². The Bertz CT molecular complexity index is 671. The summed E-state index contributed by atoms with van der Waals surface area (Å²) in [6.45, 7) is 1.74. The lowest BCUT2D eigenvalue weighted by molar-refractivity contribution is -0.139. The van der Waals surface area contributed by atoms with E-state index >= 15 is 0 Å². The molecule has 0 aliphatic heterocycles. The minimum atomic E-state index is -0.818. The number of nitrogens with zero attached hydrogens (tertiary/aromatic N) is 1. The standard InChI is InChI=1S/C13H12F2N2O2S/c1-6-17-11(5-12(18)19-2)13(20-6)7-3-10(16)9(15)4-8(7)14/h3-4H,5,16H2,1-2H3. The molecule has 0 aliphatic carbocycles. The van der Waals surface area contributed by atoms with E-state index in [9.17, 15) is 13.6 Å². The van der Waals surface area contributed by atoms with Gasteiger partial charge < -0.3 is 10.5 Å². The SMILES string of the molecule is COC(=O)Cc1nc(C)sc1-c1cc(N)c(F)cc1F. The van der Waals surface area contributed by atoms with Crippen molar-refractivity contribution in [3.63, 3.8) is 0 Å². The summed E-state index contributed by atoms with van der Waals surface area (Å²) in [6.07, 6.45) is -0.0765. The van der Waals surface area contributed by atoms with E-state index in [1.165, 1.54) is 24.5 Å². The topological polar surface area (TPSA) is 65.2 Å². The summed E-state index contributed by atoms with van der Waals surface area (Å²) in [4.78, 5) is 16.0. The van der Waals surface area contributed by atoms with E-state index < -0.39 is 17.6 Å². The molecule has 0 saturated heterocycles. The predicted octanol–water partition coefficient (Wildman–Crippen LogP) is 2.69. The van der Waals surface area contributed by atoms with Crippen molar-refractivity contribution in [3.8, 4) is 10.4 Å². The maximum Gasteiger partial charge on any atom is 0.311 e. The summed E-state index contributed by atoms with van der Waals surface area (Å²) in [7, 11) is 1.26. The minimum Gasteiger partial charge on any atom is -0.469 e. The van der Waals surface area contributed by atoms with E-state index in [-0.39, 0.29) is 17.7 Å². The molecule has 2 rings (SSSR count). The van der Waals surface area contributed by atoms with Crippen molar-refractivity contribution in [3.05, 3.63) is 34.5 Å². The second kappa shape index (κ2) is 5.54. The molecule has 0 atom stereocenters. The largest absolute Gasteiger partial charge is 0.469 e. The van der Waals surface area contributed by atoms with Crippen LogP contribution in [-0.4, -0.2) is 18.1 Å². The number of thiazole rings is 1. The molecule has 1 aromatic carbocycles. The first-order valence-electron chi connectivity index (χ1n) is 5.70. The summed E-state index contributed by atoms with van der Waals surface area (Å²) in [5, 5.41) is 0.668. The number of methoxy groups -OCH3 is 1. The molecular formula is C13H12F2N2O2S. The highest BCUT2D eigenvalue weighted by Gasteiger charge is 2.19. The zero-order chi connectivity index (χ0) is 14.9. The predicted molar refractivity (Wildman–Crippen MR) is 72.3 cm³/mol. The normalized spacial score (nSPS) is 10.6. The van der Waals surface area contributed by atoms with Crippen LogP contribution in [0.5, 0.6) is 0 Å². The Morgan fingerprint density at radius 3 is 2.75 bits per heavy atom. The summed E-state index contributed by atoms with van der Waals surface area (Å²) in [5.41, 5.74) is 5.83. The Balaban J connectivity index is 2.52. The smallest absolute Gasteiger partial charge is 0.311 e. The Kier molecular flexibility index (Phi) is 3.99. The number of carbonyl (C=O) groups is 1. The van der Waals surface area contributed by atoms with Gasteiger partial charge in [0, 0.05) is 11.6 Å². The molecule has 0 fully saturated rings. The maximum absolute atomic E-state index is 13.9. The van der Waals surface area contributed by atoms with Crippen molar-refractivity contribution in [2.24, 2.45) is 0 Å². The molecule has 106 valence electrons. The van der Waals surface area contributed by atoms with Crippen molar-refractivity contribution in [2.45, 2.75) is 13.3 Å². The number of ether oxygens (including phenoxy) is 1. The number of hydrogen-bond acceptors (Lipinski definition) is 5. The van der Waals surface area contributed by atoms with E-state index in [1.807, 2.05) is 0 Å². The Morgan fingerprint density at radius 2 is 2.10 bits per heavy atom. The van der Waals surface area contributed by atoms with Crippen molar-refractivity contribution < 1.29 is 18.3 Å². The second-order valence-corrected chi connectivity index (χ2v) is 5.32. The third kappa shape index (κ3) is 2.77. The van der Waals surface area contributed by atoms with E-state index in [1.54, 1.807) is 6.92 Å². The van der Waals surface area contributed by atoms with Crippen LogP contribution < -0.4 is 5.73 Å². The lowest BCUT2D eigenvalue weighted by Gasteiger charge is -2.05. The quantitative estimate of drug-likeness (QED) is 0.699. The van der Waals surface area contributed by atoms with Crippen LogP contribution in [0.1, 0.15) is 10.7 Å². The number of rotatable bonds is 3. The molecule has 0 unspecified atom stereocenters. The van der Waals surface area contributed by atoms with Crippen molar-refractivity contribution in [1.82, 2.24) is 4.98 Å². The Hall–Kier alpha value is -2.02. The molecule has 20 heavy (non-hydrogen) atoms. The van der Waals surface area contributed by atoms with Gasteiger partial charge in [0.05, 0.1) is 34.8 Å². The van der Waals surface area contributed by atoms with Gasteiger partial charge in [0.2, 0.25) is 0 Å². The average Bonchev–Trinajstić information content (AvgIpc) is 2.74. The maximum atomic E-state index is 13.9. The van der Waals surface area contributed by atoms with Crippen LogP contribution in [0.2, 0.25) is 0 Å². The zero-order valence-corrected chi connectivity index (χ0v) is 11.7. The molecule has 0 bridgehead atoms. The van der Waals surface area contributed by atoms with Gasteiger partial charge in [0.1, 0.15) is 11.6 Å². The van der Waals surface area contributed by atoms with Gasteiger partial charge in [-0.25, -0.2) is 13.8 Å². The first-order chi connectivity index (χ1) is 9.42. The third-order valence-electron chi connectivity index (χ3n) is 2.67. The summed E-state index contributed by atoms with van der Waals surface area (Å²) in [6, 6.07) is 1.93. The number of aromatic nitrogens is 1. The third-order valence-corrected chi connectivity index (χ3v) is 3.72. The number of aryl methyl sites for hydroxylation is 1. The Morgan fingerprint density at radius 1 is 1.40 bits per heavy atom. The number of anilines is 1. The van der Waals surface area contributed by atoms with E-state index in [2.05, 4.69) is 9.72 Å². The van der Waals surface area contributed by atoms with Gasteiger partial charge in [0.15, 0.2) is 0 Å². The lowest BCUT2D eigenvalue weighted by atomic mass is 10.1. The monoisotopic (exact) mass is 298 g/mol. The van der Waals surface area contributed by atoms with Crippen LogP contribution in [0.3, 0.4) is 0 Å². The van der Waals surface area contributed by atoms with Crippen LogP contribution in [0.4, 0.5) is 14.5 Å². The molecule has 0 spiro atoms. The first-order valence-corrected chi connectivity index (χ1v) is 6.52. The number of benzene rings is 1. The first kappa shape index (κ1) is 14.4. The summed E-state index contributed by atoms with van der Waals surface area (Å²) in [5.74, 6) is -2.04. The van der Waals surface area contributed by atoms with Gasteiger partial charge in [-0.1, -0.05) is 0 Å². The van der Waals surface area contributed by atoms with Gasteiger partial charge in [-0.2, -0.15) is 0 Å². The fraction of sp³-hybridized carbons (Fsp3) is 0.231. The number of carbonyl (C=O) groups excluding carboxylic acids is 1. The summed E-state index contributed by atoms with van der Waals surface area (Å²) < 4.78 is 31.7. The van der Waals surface area contributed by atoms with Crippen LogP contribution in [0.25, 0.3) is 10.4 Å². The number of halogens is 2. The van der Waals surface area contributed by atoms with Gasteiger partial charge in [-0.05, 0) is 13.0 Å². The average molecular weight is 298 g/mol. The molecule has 2 aromatic rings. The van der Waals surface area contributed by atoms with E-state index in [4.69, 9.17) is 5.73 Å². The number of esters is 1. The van der Waals surface area contributed by atoms with Crippen LogP contribution in [-0.2, 0) is 16.0 Å². The molecular weight excluding hydrogens is 286 g/mol. The highest BCUT2D eigenvalue weighted by molar-refractivity contribution is 7.15. The van der Waals surface area contributed by atoms with Crippen molar-refractivity contribution >= 4 is 23.0 Å². The number of nitrogen functional groups attached to an aromatic ring is 1. The molecule has 0 aliphatic rings. The van der Waals surface area contributed by atoms with Gasteiger partial charge in [0.25, 0.3) is 0 Å². The Labute approximate surface area is 118 Å². The van der Waals surface area contributed by atoms with Crippen LogP contribution in [0, 0.1) is 18.6 Å².